The quantitative estimate of drug-likeness (QED) is 0.758. The number of fused-ring (bicyclic) bond motifs is 1. The first-order chi connectivity index (χ1) is 7.49. The molecule has 7 nitrogen and oxygen atoms in total. The number of hydrogen-bond acceptors (Lipinski definition) is 4. The molecule has 0 saturated heterocycles. The van der Waals surface area contributed by atoms with Crippen molar-refractivity contribution in [3.63, 3.8) is 0 Å². The van der Waals surface area contributed by atoms with Crippen molar-refractivity contribution in [1.82, 2.24) is 19.6 Å². The van der Waals surface area contributed by atoms with Gasteiger partial charge >= 0.3 is 5.97 Å². The van der Waals surface area contributed by atoms with E-state index >= 15 is 0 Å². The molecule has 0 fully saturated rings. The van der Waals surface area contributed by atoms with Gasteiger partial charge in [0.2, 0.25) is 5.78 Å². The van der Waals surface area contributed by atoms with Crippen LogP contribution in [-0.2, 0) is 0 Å². The van der Waals surface area contributed by atoms with Crippen molar-refractivity contribution in [3.05, 3.63) is 27.9 Å². The third-order valence-electron chi connectivity index (χ3n) is 2.12. The molecule has 2 rings (SSSR count). The Labute approximate surface area is 89.8 Å². The van der Waals surface area contributed by atoms with Gasteiger partial charge < -0.3 is 5.11 Å². The molecular formula is C9H10N4O3. The Bertz CT molecular complexity index is 611. The molecule has 0 unspecified atom stereocenters. The van der Waals surface area contributed by atoms with Crippen LogP contribution in [0.2, 0.25) is 0 Å². The van der Waals surface area contributed by atoms with Crippen molar-refractivity contribution < 1.29 is 9.90 Å². The first-order valence-corrected chi connectivity index (χ1v) is 4.72. The zero-order valence-electron chi connectivity index (χ0n) is 8.76. The smallest absolute Gasteiger partial charge is 0.342 e. The monoisotopic (exact) mass is 222 g/mol. The second-order valence-corrected chi connectivity index (χ2v) is 3.69. The summed E-state index contributed by atoms with van der Waals surface area (Å²) >= 11 is 0. The van der Waals surface area contributed by atoms with Crippen molar-refractivity contribution >= 4 is 11.7 Å². The Morgan fingerprint density at radius 1 is 1.56 bits per heavy atom. The fourth-order valence-corrected chi connectivity index (χ4v) is 1.26. The standard InChI is InChI=1S/C9H10N4O3/c1-4(2)6-10-9-11-7(14)5(8(15)16)3-13(9)12-6/h3-4H,1-2H3,(H,15,16)(H,10,11,12,14). The molecule has 0 aromatic carbocycles. The molecule has 0 bridgehead atoms. The molecule has 2 aromatic heterocycles. The van der Waals surface area contributed by atoms with E-state index in [1.165, 1.54) is 4.52 Å². The maximum atomic E-state index is 11.3. The number of aromatic carboxylic acids is 1. The maximum absolute atomic E-state index is 11.3. The maximum Gasteiger partial charge on any atom is 0.342 e. The van der Waals surface area contributed by atoms with Crippen molar-refractivity contribution in [2.75, 3.05) is 0 Å². The largest absolute Gasteiger partial charge is 0.477 e. The second-order valence-electron chi connectivity index (χ2n) is 3.69. The summed E-state index contributed by atoms with van der Waals surface area (Å²) in [5, 5.41) is 12.8. The Kier molecular flexibility index (Phi) is 2.22. The summed E-state index contributed by atoms with van der Waals surface area (Å²) in [6.45, 7) is 3.82. The molecule has 0 aliphatic heterocycles. The molecule has 7 heteroatoms. The van der Waals surface area contributed by atoms with E-state index in [1.807, 2.05) is 13.8 Å². The molecule has 16 heavy (non-hydrogen) atoms. The third kappa shape index (κ3) is 1.56. The minimum absolute atomic E-state index is 0.108. The lowest BCUT2D eigenvalue weighted by atomic mass is 10.2. The van der Waals surface area contributed by atoms with E-state index in [4.69, 9.17) is 5.11 Å². The van der Waals surface area contributed by atoms with E-state index in [0.29, 0.717) is 5.82 Å². The summed E-state index contributed by atoms with van der Waals surface area (Å²) in [6.07, 6.45) is 1.16. The Balaban J connectivity index is 2.70. The van der Waals surface area contributed by atoms with E-state index in [2.05, 4.69) is 15.1 Å². The molecule has 0 aliphatic carbocycles. The zero-order chi connectivity index (χ0) is 11.9. The number of nitrogens with zero attached hydrogens (tertiary/aromatic N) is 3. The van der Waals surface area contributed by atoms with Gasteiger partial charge in [-0.05, 0) is 0 Å². The molecule has 84 valence electrons. The number of hydrogen-bond donors (Lipinski definition) is 2. The molecule has 2 N–H and O–H groups in total. The van der Waals surface area contributed by atoms with Gasteiger partial charge in [-0.1, -0.05) is 13.8 Å². The fraction of sp³-hybridized carbons (Fsp3) is 0.333. The summed E-state index contributed by atoms with van der Waals surface area (Å²) in [7, 11) is 0. The van der Waals surface area contributed by atoms with Crippen LogP contribution in [0.4, 0.5) is 0 Å². The predicted molar refractivity (Wildman–Crippen MR) is 54.7 cm³/mol. The van der Waals surface area contributed by atoms with Crippen LogP contribution in [0.25, 0.3) is 5.78 Å². The van der Waals surface area contributed by atoms with Gasteiger partial charge in [0.1, 0.15) is 5.56 Å². The number of nitrogens with one attached hydrogen (secondary N) is 1. The highest BCUT2D eigenvalue weighted by Crippen LogP contribution is 2.08. The Morgan fingerprint density at radius 3 is 2.81 bits per heavy atom. The number of rotatable bonds is 2. The van der Waals surface area contributed by atoms with Crippen LogP contribution in [-0.4, -0.2) is 30.7 Å². The van der Waals surface area contributed by atoms with Gasteiger partial charge in [0.15, 0.2) is 5.82 Å². The van der Waals surface area contributed by atoms with Gasteiger partial charge in [0, 0.05) is 5.92 Å². The van der Waals surface area contributed by atoms with E-state index in [0.717, 1.165) is 6.20 Å². The van der Waals surface area contributed by atoms with Crippen LogP contribution >= 0.6 is 0 Å². The number of H-pyrrole nitrogens is 1. The van der Waals surface area contributed by atoms with Gasteiger partial charge in [-0.25, -0.2) is 9.31 Å². The summed E-state index contributed by atoms with van der Waals surface area (Å²) in [6, 6.07) is 0. The fourth-order valence-electron chi connectivity index (χ4n) is 1.26. The molecule has 2 aromatic rings. The highest BCUT2D eigenvalue weighted by atomic mass is 16.4. The first kappa shape index (κ1) is 10.3. The van der Waals surface area contributed by atoms with E-state index in [9.17, 15) is 9.59 Å². The summed E-state index contributed by atoms with van der Waals surface area (Å²) in [4.78, 5) is 28.5. The molecule has 0 saturated carbocycles. The lowest BCUT2D eigenvalue weighted by Crippen LogP contribution is -2.19. The molecule has 0 radical (unpaired) electrons. The molecule has 0 aliphatic rings. The molecule has 2 heterocycles. The molecular weight excluding hydrogens is 212 g/mol. The minimum atomic E-state index is -1.29. The van der Waals surface area contributed by atoms with Crippen LogP contribution in [0, 0.1) is 0 Å². The van der Waals surface area contributed by atoms with E-state index < -0.39 is 11.5 Å². The van der Waals surface area contributed by atoms with Crippen LogP contribution in [0.5, 0.6) is 0 Å². The first-order valence-electron chi connectivity index (χ1n) is 4.72. The number of carboxylic acid groups (broad SMARTS) is 1. The normalized spacial score (nSPS) is 11.2. The van der Waals surface area contributed by atoms with Gasteiger partial charge in [0.05, 0.1) is 6.20 Å². The van der Waals surface area contributed by atoms with Crippen LogP contribution < -0.4 is 5.56 Å². The lowest BCUT2D eigenvalue weighted by Gasteiger charge is -1.94. The number of carbonyl (C=O) groups is 1. The third-order valence-corrected chi connectivity index (χ3v) is 2.12. The average Bonchev–Trinajstić information content (AvgIpc) is 2.58. The molecule has 0 spiro atoms. The summed E-state index contributed by atoms with van der Waals surface area (Å²) < 4.78 is 1.26. The topological polar surface area (TPSA) is 100 Å². The Hall–Kier alpha value is -2.18. The number of carboxylic acids is 1. The van der Waals surface area contributed by atoms with Gasteiger partial charge in [0.25, 0.3) is 5.56 Å². The van der Waals surface area contributed by atoms with Gasteiger partial charge in [-0.15, -0.1) is 5.10 Å². The summed E-state index contributed by atoms with van der Waals surface area (Å²) in [5.41, 5.74) is -1.03. The highest BCUT2D eigenvalue weighted by molar-refractivity contribution is 5.86. The van der Waals surface area contributed by atoms with Gasteiger partial charge in [-0.2, -0.15) is 4.98 Å². The summed E-state index contributed by atoms with van der Waals surface area (Å²) in [5.74, 6) is -0.377. The predicted octanol–water partition coefficient (Wildman–Crippen LogP) is 0.239. The van der Waals surface area contributed by atoms with E-state index in [1.54, 1.807) is 0 Å². The zero-order valence-corrected chi connectivity index (χ0v) is 8.76. The molecule has 0 atom stereocenters. The van der Waals surface area contributed by atoms with Crippen molar-refractivity contribution in [2.24, 2.45) is 0 Å². The van der Waals surface area contributed by atoms with Gasteiger partial charge in [-0.3, -0.25) is 9.78 Å². The van der Waals surface area contributed by atoms with Crippen molar-refractivity contribution in [2.45, 2.75) is 19.8 Å². The number of aromatic amines is 1. The van der Waals surface area contributed by atoms with Crippen LogP contribution in [0.15, 0.2) is 11.0 Å². The minimum Gasteiger partial charge on any atom is -0.477 e. The van der Waals surface area contributed by atoms with Crippen molar-refractivity contribution in [1.29, 1.82) is 0 Å². The molecule has 0 amide bonds. The second kappa shape index (κ2) is 3.44. The van der Waals surface area contributed by atoms with Crippen LogP contribution in [0.1, 0.15) is 35.9 Å². The lowest BCUT2D eigenvalue weighted by molar-refractivity contribution is 0.0694. The van der Waals surface area contributed by atoms with Crippen LogP contribution in [0.3, 0.4) is 0 Å². The Morgan fingerprint density at radius 2 is 2.25 bits per heavy atom. The average molecular weight is 222 g/mol. The SMILES string of the molecule is CC(C)c1nc2[nH]c(=O)c(C(=O)O)cn2n1. The highest BCUT2D eigenvalue weighted by Gasteiger charge is 2.13. The van der Waals surface area contributed by atoms with E-state index in [-0.39, 0.29) is 17.3 Å². The van der Waals surface area contributed by atoms with Crippen molar-refractivity contribution in [3.8, 4) is 0 Å². The number of aromatic nitrogens is 4.